The van der Waals surface area contributed by atoms with Crippen LogP contribution in [0.1, 0.15) is 27.1 Å². The van der Waals surface area contributed by atoms with Gasteiger partial charge in [-0.2, -0.15) is 5.26 Å². The maximum absolute atomic E-state index is 11.8. The van der Waals surface area contributed by atoms with Crippen LogP contribution in [-0.2, 0) is 4.79 Å². The molecule has 6 heteroatoms. The van der Waals surface area contributed by atoms with Gasteiger partial charge in [0.1, 0.15) is 11.6 Å². The van der Waals surface area contributed by atoms with Gasteiger partial charge >= 0.3 is 5.97 Å². The molecule has 0 spiro atoms. The van der Waals surface area contributed by atoms with Crippen molar-refractivity contribution in [3.8, 4) is 6.07 Å². The third-order valence-corrected chi connectivity index (χ3v) is 9.74. The van der Waals surface area contributed by atoms with Crippen molar-refractivity contribution in [3.05, 3.63) is 208 Å². The molecule has 0 amide bonds. The highest BCUT2D eigenvalue weighted by Crippen LogP contribution is 2.36. The molecule has 260 valence electrons. The lowest BCUT2D eigenvalue weighted by Gasteiger charge is -2.25. The highest BCUT2D eigenvalue weighted by molar-refractivity contribution is 7.11. The number of para-hydroxylation sites is 4. The van der Waals surface area contributed by atoms with Gasteiger partial charge < -0.3 is 14.9 Å². The quantitative estimate of drug-likeness (QED) is 0.101. The average molecular weight is 718 g/mol. The van der Waals surface area contributed by atoms with Crippen molar-refractivity contribution in [2.45, 2.75) is 0 Å². The third-order valence-electron chi connectivity index (χ3n) is 8.77. The van der Waals surface area contributed by atoms with Crippen LogP contribution in [0.15, 0.2) is 181 Å². The standard InChI is InChI=1S/C48H35N3O2S/c49-34-39(48(52)53)33-47-46(32-26-37-24-30-45(31-25-37)51(42-17-9-3-10-18-42)43-19-11-4-12-20-43)38(35-54-47)27-21-36-22-28-44(29-23-36)50(40-13-5-1-6-14-40)41-15-7-2-8-16-41/h1-33,35H,(H,52,53). The Kier molecular flexibility index (Phi) is 11.0. The Morgan fingerprint density at radius 3 is 1.26 bits per heavy atom. The summed E-state index contributed by atoms with van der Waals surface area (Å²) in [5.74, 6) is -1.25. The van der Waals surface area contributed by atoms with Crippen LogP contribution >= 0.6 is 11.3 Å². The highest BCUT2D eigenvalue weighted by Gasteiger charge is 2.14. The molecule has 0 aliphatic carbocycles. The summed E-state index contributed by atoms with van der Waals surface area (Å²) < 4.78 is 0. The third kappa shape index (κ3) is 8.29. The molecule has 0 aliphatic heterocycles. The number of nitrogens with zero attached hydrogens (tertiary/aromatic N) is 3. The monoisotopic (exact) mass is 717 g/mol. The van der Waals surface area contributed by atoms with E-state index in [4.69, 9.17) is 0 Å². The number of anilines is 6. The Morgan fingerprint density at radius 1 is 0.519 bits per heavy atom. The second-order valence-electron chi connectivity index (χ2n) is 12.3. The zero-order valence-electron chi connectivity index (χ0n) is 29.2. The van der Waals surface area contributed by atoms with Gasteiger partial charge in [-0.05, 0) is 107 Å². The summed E-state index contributed by atoms with van der Waals surface area (Å²) in [6.07, 6.45) is 9.52. The molecule has 0 saturated carbocycles. The van der Waals surface area contributed by atoms with E-state index in [1.807, 2.05) is 109 Å². The highest BCUT2D eigenvalue weighted by atomic mass is 32.1. The molecule has 0 atom stereocenters. The van der Waals surface area contributed by atoms with Crippen molar-refractivity contribution in [3.63, 3.8) is 0 Å². The molecule has 7 aromatic rings. The molecule has 1 aromatic heterocycles. The molecule has 0 radical (unpaired) electrons. The van der Waals surface area contributed by atoms with Gasteiger partial charge in [0, 0.05) is 39.0 Å². The van der Waals surface area contributed by atoms with Crippen molar-refractivity contribution in [1.29, 1.82) is 5.26 Å². The summed E-state index contributed by atoms with van der Waals surface area (Å²) in [4.78, 5) is 16.9. The van der Waals surface area contributed by atoms with Gasteiger partial charge in [0.05, 0.1) is 0 Å². The van der Waals surface area contributed by atoms with Crippen molar-refractivity contribution >= 4 is 81.8 Å². The molecular formula is C48H35N3O2S. The van der Waals surface area contributed by atoms with Crippen LogP contribution in [0.5, 0.6) is 0 Å². The number of carboxylic acid groups (broad SMARTS) is 1. The fraction of sp³-hybridized carbons (Fsp3) is 0. The zero-order valence-corrected chi connectivity index (χ0v) is 30.1. The minimum Gasteiger partial charge on any atom is -0.477 e. The fourth-order valence-electron chi connectivity index (χ4n) is 6.13. The van der Waals surface area contributed by atoms with E-state index in [1.165, 1.54) is 17.4 Å². The van der Waals surface area contributed by atoms with Gasteiger partial charge in [0.15, 0.2) is 0 Å². The van der Waals surface area contributed by atoms with E-state index in [-0.39, 0.29) is 5.57 Å². The van der Waals surface area contributed by atoms with Gasteiger partial charge in [-0.15, -0.1) is 11.3 Å². The molecule has 1 N–H and O–H groups in total. The number of hydrogen-bond donors (Lipinski definition) is 1. The van der Waals surface area contributed by atoms with E-state index < -0.39 is 5.97 Å². The zero-order chi connectivity index (χ0) is 37.1. The smallest absolute Gasteiger partial charge is 0.346 e. The predicted octanol–water partition coefficient (Wildman–Crippen LogP) is 13.0. The van der Waals surface area contributed by atoms with Crippen molar-refractivity contribution in [2.24, 2.45) is 0 Å². The number of carbonyl (C=O) groups is 1. The summed E-state index contributed by atoms with van der Waals surface area (Å²) >= 11 is 1.40. The predicted molar refractivity (Wildman–Crippen MR) is 226 cm³/mol. The fourth-order valence-corrected chi connectivity index (χ4v) is 7.08. The summed E-state index contributed by atoms with van der Waals surface area (Å²) in [5.41, 5.74) is 9.74. The summed E-state index contributed by atoms with van der Waals surface area (Å²) in [6, 6.07) is 59.6. The first-order valence-electron chi connectivity index (χ1n) is 17.4. The lowest BCUT2D eigenvalue weighted by atomic mass is 10.0. The van der Waals surface area contributed by atoms with Crippen LogP contribution in [0, 0.1) is 11.3 Å². The largest absolute Gasteiger partial charge is 0.477 e. The van der Waals surface area contributed by atoms with Crippen molar-refractivity contribution in [2.75, 3.05) is 9.80 Å². The van der Waals surface area contributed by atoms with E-state index >= 15 is 0 Å². The van der Waals surface area contributed by atoms with Crippen LogP contribution in [0.25, 0.3) is 30.4 Å². The maximum Gasteiger partial charge on any atom is 0.346 e. The van der Waals surface area contributed by atoms with Crippen LogP contribution < -0.4 is 9.80 Å². The Balaban J connectivity index is 1.18. The van der Waals surface area contributed by atoms with Crippen LogP contribution in [0.3, 0.4) is 0 Å². The Labute approximate surface area is 319 Å². The Bertz CT molecular complexity index is 2370. The number of benzene rings is 6. The van der Waals surface area contributed by atoms with Crippen molar-refractivity contribution < 1.29 is 9.90 Å². The molecule has 5 nitrogen and oxygen atoms in total. The lowest BCUT2D eigenvalue weighted by molar-refractivity contribution is -0.132. The molecular weight excluding hydrogens is 683 g/mol. The van der Waals surface area contributed by atoms with Gasteiger partial charge in [0.25, 0.3) is 0 Å². The number of carboxylic acids is 1. The normalized spacial score (nSPS) is 11.4. The molecule has 0 fully saturated rings. The van der Waals surface area contributed by atoms with Gasteiger partial charge in [-0.1, -0.05) is 121 Å². The van der Waals surface area contributed by atoms with E-state index in [1.54, 1.807) is 0 Å². The minimum atomic E-state index is -1.25. The minimum absolute atomic E-state index is 0.315. The maximum atomic E-state index is 11.8. The Morgan fingerprint density at radius 2 is 0.889 bits per heavy atom. The topological polar surface area (TPSA) is 67.6 Å². The Hall–Kier alpha value is -7.20. The molecule has 7 rings (SSSR count). The molecule has 0 unspecified atom stereocenters. The lowest BCUT2D eigenvalue weighted by Crippen LogP contribution is -2.09. The molecule has 1 heterocycles. The SMILES string of the molecule is N#CC(=Cc1scc(C=Cc2ccc(N(c3ccccc3)c3ccccc3)cc2)c1C=Cc1ccc(N(c2ccccc2)c2ccccc2)cc1)C(=O)O. The van der Waals surface area contributed by atoms with Crippen molar-refractivity contribution in [1.82, 2.24) is 0 Å². The van der Waals surface area contributed by atoms with E-state index in [0.29, 0.717) is 4.88 Å². The van der Waals surface area contributed by atoms with Crippen LogP contribution in [-0.4, -0.2) is 11.1 Å². The van der Waals surface area contributed by atoms with Gasteiger partial charge in [-0.25, -0.2) is 4.79 Å². The summed E-state index contributed by atoms with van der Waals surface area (Å²) in [6.45, 7) is 0. The second-order valence-corrected chi connectivity index (χ2v) is 13.2. The van der Waals surface area contributed by atoms with Crippen LogP contribution in [0.2, 0.25) is 0 Å². The van der Waals surface area contributed by atoms with E-state index in [9.17, 15) is 15.2 Å². The average Bonchev–Trinajstić information content (AvgIpc) is 3.61. The number of hydrogen-bond acceptors (Lipinski definition) is 5. The van der Waals surface area contributed by atoms with Crippen LogP contribution in [0.4, 0.5) is 34.1 Å². The first-order chi connectivity index (χ1) is 26.6. The van der Waals surface area contributed by atoms with E-state index in [0.717, 1.165) is 56.4 Å². The number of rotatable bonds is 12. The molecule has 0 saturated heterocycles. The summed E-state index contributed by atoms with van der Waals surface area (Å²) in [7, 11) is 0. The first-order valence-corrected chi connectivity index (χ1v) is 18.3. The summed E-state index contributed by atoms with van der Waals surface area (Å²) in [5, 5.41) is 21.1. The second kappa shape index (κ2) is 16.9. The number of nitriles is 1. The first kappa shape index (κ1) is 35.2. The molecule has 6 aromatic carbocycles. The molecule has 0 aliphatic rings. The van der Waals surface area contributed by atoms with E-state index in [2.05, 4.69) is 107 Å². The van der Waals surface area contributed by atoms with Gasteiger partial charge in [0.2, 0.25) is 0 Å². The number of thiophene rings is 1. The molecule has 0 bridgehead atoms. The van der Waals surface area contributed by atoms with Gasteiger partial charge in [-0.3, -0.25) is 0 Å². The number of aliphatic carboxylic acids is 1. The molecule has 54 heavy (non-hydrogen) atoms.